The average Bonchev–Trinajstić information content (AvgIpc) is 2.66. The largest absolute Gasteiger partial charge is 0.506 e. The molecule has 0 aliphatic rings. The molecule has 0 bridgehead atoms. The van der Waals surface area contributed by atoms with Crippen molar-refractivity contribution in [2.24, 2.45) is 0 Å². The molecule has 3 N–H and O–H groups in total. The van der Waals surface area contributed by atoms with E-state index in [1.807, 2.05) is 6.92 Å². The van der Waals surface area contributed by atoms with Crippen molar-refractivity contribution in [3.63, 3.8) is 0 Å². The molecule has 1 amide bonds. The number of carboxylic acid groups (broad SMARTS) is 1. The van der Waals surface area contributed by atoms with Gasteiger partial charge in [0, 0.05) is 5.56 Å². The van der Waals surface area contributed by atoms with Gasteiger partial charge < -0.3 is 29.7 Å². The summed E-state index contributed by atoms with van der Waals surface area (Å²) < 4.78 is 16.8. The molecule has 0 heterocycles. The van der Waals surface area contributed by atoms with Crippen LogP contribution in [0.5, 0.6) is 23.0 Å². The van der Waals surface area contributed by atoms with Crippen LogP contribution in [0.3, 0.4) is 0 Å². The summed E-state index contributed by atoms with van der Waals surface area (Å²) in [6.45, 7) is 6.54. The number of carbonyl (C=O) groups excluding carboxylic acids is 1. The second-order valence-electron chi connectivity index (χ2n) is 5.59. The lowest BCUT2D eigenvalue weighted by molar-refractivity contribution is 0.0696. The number of carboxylic acids is 1. The maximum absolute atomic E-state index is 12.7. The Labute approximate surface area is 162 Å². The number of aromatic carboxylic acids is 1. The number of aromatic hydroxyl groups is 1. The molecule has 28 heavy (non-hydrogen) atoms. The van der Waals surface area contributed by atoms with E-state index < -0.39 is 11.9 Å². The number of phenolic OH excluding ortho intramolecular Hbond substituents is 1. The second kappa shape index (κ2) is 9.50. The van der Waals surface area contributed by atoms with Crippen LogP contribution < -0.4 is 19.5 Å². The van der Waals surface area contributed by atoms with Gasteiger partial charge in [0.25, 0.3) is 5.91 Å². The molecule has 2 aromatic rings. The molecule has 0 fully saturated rings. The Hall–Kier alpha value is -3.42. The van der Waals surface area contributed by atoms with Crippen molar-refractivity contribution in [1.29, 1.82) is 0 Å². The zero-order chi connectivity index (χ0) is 20.7. The smallest absolute Gasteiger partial charge is 0.335 e. The van der Waals surface area contributed by atoms with Crippen molar-refractivity contribution in [1.82, 2.24) is 0 Å². The fourth-order valence-electron chi connectivity index (χ4n) is 2.48. The Balaban J connectivity index is 2.42. The third-order valence-corrected chi connectivity index (χ3v) is 3.66. The fraction of sp³-hybridized carbons (Fsp3) is 0.300. The predicted octanol–water partition coefficient (Wildman–Crippen LogP) is 3.54. The van der Waals surface area contributed by atoms with Gasteiger partial charge in [-0.3, -0.25) is 4.79 Å². The number of benzene rings is 2. The Kier molecular flexibility index (Phi) is 7.08. The Morgan fingerprint density at radius 1 is 0.893 bits per heavy atom. The van der Waals surface area contributed by atoms with E-state index in [-0.39, 0.29) is 22.6 Å². The Morgan fingerprint density at radius 2 is 1.46 bits per heavy atom. The number of nitrogens with one attached hydrogen (secondary N) is 1. The SMILES string of the molecule is CCOc1cc(C(=O)Nc2cc(C(=O)O)ccc2O)cc(OCC)c1OCC. The summed E-state index contributed by atoms with van der Waals surface area (Å²) in [6, 6.07) is 6.63. The average molecular weight is 389 g/mol. The lowest BCUT2D eigenvalue weighted by atomic mass is 10.1. The van der Waals surface area contributed by atoms with Gasteiger partial charge in [0.1, 0.15) is 5.75 Å². The van der Waals surface area contributed by atoms with Crippen LogP contribution in [0.25, 0.3) is 0 Å². The lowest BCUT2D eigenvalue weighted by Gasteiger charge is -2.17. The van der Waals surface area contributed by atoms with E-state index in [4.69, 9.17) is 19.3 Å². The molecule has 0 unspecified atom stereocenters. The first-order chi connectivity index (χ1) is 13.4. The van der Waals surface area contributed by atoms with Crippen molar-refractivity contribution < 1.29 is 34.0 Å². The van der Waals surface area contributed by atoms with Gasteiger partial charge in [-0.05, 0) is 51.1 Å². The maximum Gasteiger partial charge on any atom is 0.335 e. The molecule has 0 radical (unpaired) electrons. The number of hydrogen-bond acceptors (Lipinski definition) is 6. The first-order valence-electron chi connectivity index (χ1n) is 8.85. The summed E-state index contributed by atoms with van der Waals surface area (Å²) in [5.41, 5.74) is 0.120. The minimum atomic E-state index is -1.17. The third kappa shape index (κ3) is 4.85. The summed E-state index contributed by atoms with van der Waals surface area (Å²) >= 11 is 0. The van der Waals surface area contributed by atoms with Gasteiger partial charge in [0.2, 0.25) is 5.75 Å². The van der Waals surface area contributed by atoms with Crippen molar-refractivity contribution in [3.8, 4) is 23.0 Å². The van der Waals surface area contributed by atoms with E-state index in [0.717, 1.165) is 0 Å². The molecular weight excluding hydrogens is 366 g/mol. The molecule has 8 heteroatoms. The lowest BCUT2D eigenvalue weighted by Crippen LogP contribution is -2.14. The van der Waals surface area contributed by atoms with E-state index in [1.165, 1.54) is 30.3 Å². The van der Waals surface area contributed by atoms with Crippen molar-refractivity contribution in [2.45, 2.75) is 20.8 Å². The minimum absolute atomic E-state index is 0.0188. The quantitative estimate of drug-likeness (QED) is 0.562. The van der Waals surface area contributed by atoms with Crippen molar-refractivity contribution >= 4 is 17.6 Å². The highest BCUT2D eigenvalue weighted by molar-refractivity contribution is 6.06. The maximum atomic E-state index is 12.7. The molecule has 0 atom stereocenters. The Bertz CT molecular complexity index is 837. The van der Waals surface area contributed by atoms with Gasteiger partial charge in [-0.1, -0.05) is 0 Å². The van der Waals surface area contributed by atoms with Crippen LogP contribution in [-0.4, -0.2) is 41.9 Å². The van der Waals surface area contributed by atoms with Gasteiger partial charge in [-0.2, -0.15) is 0 Å². The van der Waals surface area contributed by atoms with Crippen LogP contribution >= 0.6 is 0 Å². The van der Waals surface area contributed by atoms with E-state index >= 15 is 0 Å². The highest BCUT2D eigenvalue weighted by Gasteiger charge is 2.19. The Morgan fingerprint density at radius 3 is 1.96 bits per heavy atom. The van der Waals surface area contributed by atoms with Crippen LogP contribution in [0, 0.1) is 0 Å². The fourth-order valence-corrected chi connectivity index (χ4v) is 2.48. The molecule has 0 aromatic heterocycles. The normalized spacial score (nSPS) is 10.2. The number of ether oxygens (including phenoxy) is 3. The number of carbonyl (C=O) groups is 2. The first kappa shape index (κ1) is 20.9. The number of phenols is 1. The van der Waals surface area contributed by atoms with Crippen LogP contribution in [0.15, 0.2) is 30.3 Å². The highest BCUT2D eigenvalue weighted by Crippen LogP contribution is 2.39. The third-order valence-electron chi connectivity index (χ3n) is 3.66. The van der Waals surface area contributed by atoms with Gasteiger partial charge in [-0.25, -0.2) is 4.79 Å². The van der Waals surface area contributed by atoms with Gasteiger partial charge in [0.05, 0.1) is 31.1 Å². The molecule has 2 aromatic carbocycles. The summed E-state index contributed by atoms with van der Waals surface area (Å²) in [7, 11) is 0. The standard InChI is InChI=1S/C20H23NO7/c1-4-26-16-10-13(11-17(27-5-2)18(16)28-6-3)19(23)21-14-9-12(20(24)25)7-8-15(14)22/h7-11,22H,4-6H2,1-3H3,(H,21,23)(H,24,25). The van der Waals surface area contributed by atoms with E-state index in [1.54, 1.807) is 13.8 Å². The van der Waals surface area contributed by atoms with E-state index in [2.05, 4.69) is 5.32 Å². The number of anilines is 1. The summed E-state index contributed by atoms with van der Waals surface area (Å²) in [4.78, 5) is 23.8. The molecule has 0 aliphatic heterocycles. The molecule has 0 spiro atoms. The number of amides is 1. The molecule has 2 rings (SSSR count). The van der Waals surface area contributed by atoms with Crippen molar-refractivity contribution in [2.75, 3.05) is 25.1 Å². The number of rotatable bonds is 9. The van der Waals surface area contributed by atoms with Crippen LogP contribution in [0.1, 0.15) is 41.5 Å². The minimum Gasteiger partial charge on any atom is -0.506 e. The second-order valence-corrected chi connectivity index (χ2v) is 5.59. The van der Waals surface area contributed by atoms with Crippen LogP contribution in [0.4, 0.5) is 5.69 Å². The molecule has 150 valence electrons. The topological polar surface area (TPSA) is 114 Å². The van der Waals surface area contributed by atoms with E-state index in [9.17, 15) is 14.7 Å². The summed E-state index contributed by atoms with van der Waals surface area (Å²) in [5.74, 6) is -0.887. The molecular formula is C20H23NO7. The first-order valence-corrected chi connectivity index (χ1v) is 8.85. The number of hydrogen-bond donors (Lipinski definition) is 3. The zero-order valence-electron chi connectivity index (χ0n) is 15.9. The molecule has 8 nitrogen and oxygen atoms in total. The molecule has 0 saturated heterocycles. The summed E-state index contributed by atoms with van der Waals surface area (Å²) in [5, 5.41) is 21.5. The molecule has 0 aliphatic carbocycles. The van der Waals surface area contributed by atoms with E-state index in [0.29, 0.717) is 37.1 Å². The van der Waals surface area contributed by atoms with Crippen LogP contribution in [-0.2, 0) is 0 Å². The van der Waals surface area contributed by atoms with Gasteiger partial charge in [-0.15, -0.1) is 0 Å². The monoisotopic (exact) mass is 389 g/mol. The highest BCUT2D eigenvalue weighted by atomic mass is 16.5. The predicted molar refractivity (Wildman–Crippen MR) is 103 cm³/mol. The van der Waals surface area contributed by atoms with Crippen LogP contribution in [0.2, 0.25) is 0 Å². The molecule has 0 saturated carbocycles. The summed E-state index contributed by atoms with van der Waals surface area (Å²) in [6.07, 6.45) is 0. The van der Waals surface area contributed by atoms with Gasteiger partial charge in [0.15, 0.2) is 11.5 Å². The van der Waals surface area contributed by atoms with Gasteiger partial charge >= 0.3 is 5.97 Å². The zero-order valence-corrected chi connectivity index (χ0v) is 15.9. The van der Waals surface area contributed by atoms with Crippen molar-refractivity contribution in [3.05, 3.63) is 41.5 Å².